The van der Waals surface area contributed by atoms with Gasteiger partial charge in [-0.2, -0.15) is 0 Å². The van der Waals surface area contributed by atoms with Crippen molar-refractivity contribution in [3.05, 3.63) is 65.2 Å². The Hall–Kier alpha value is -1.80. The summed E-state index contributed by atoms with van der Waals surface area (Å²) in [6.45, 7) is 2.93. The Bertz CT molecular complexity index is 592. The van der Waals surface area contributed by atoms with E-state index < -0.39 is 0 Å². The highest BCUT2D eigenvalue weighted by Gasteiger charge is 2.17. The molecule has 3 rings (SSSR count). The van der Waals surface area contributed by atoms with E-state index in [0.717, 1.165) is 37.2 Å². The molecular weight excluding hydrogens is 260 g/mol. The molecule has 21 heavy (non-hydrogen) atoms. The second-order valence-electron chi connectivity index (χ2n) is 5.91. The summed E-state index contributed by atoms with van der Waals surface area (Å²) in [5.74, 6) is 1.29. The Balaban J connectivity index is 1.59. The molecule has 0 spiro atoms. The van der Waals surface area contributed by atoms with E-state index in [1.165, 1.54) is 11.1 Å². The van der Waals surface area contributed by atoms with Crippen molar-refractivity contribution in [2.45, 2.75) is 32.3 Å². The molecule has 0 radical (unpaired) electrons. The predicted molar refractivity (Wildman–Crippen MR) is 84.5 cm³/mol. The van der Waals surface area contributed by atoms with Crippen molar-refractivity contribution in [1.29, 1.82) is 0 Å². The van der Waals surface area contributed by atoms with Crippen LogP contribution in [0.5, 0.6) is 5.75 Å². The molecule has 2 unspecified atom stereocenters. The molecule has 2 heteroatoms. The first-order valence-electron chi connectivity index (χ1n) is 7.71. The lowest BCUT2D eigenvalue weighted by molar-refractivity contribution is 0.113. The Morgan fingerprint density at radius 2 is 1.95 bits per heavy atom. The molecule has 2 aromatic carbocycles. The van der Waals surface area contributed by atoms with Crippen LogP contribution in [0.4, 0.5) is 0 Å². The van der Waals surface area contributed by atoms with Crippen LogP contribution in [0, 0.1) is 5.92 Å². The average molecular weight is 282 g/mol. The molecule has 0 aliphatic carbocycles. The van der Waals surface area contributed by atoms with Crippen LogP contribution in [0.1, 0.15) is 36.1 Å². The second-order valence-corrected chi connectivity index (χ2v) is 5.91. The Morgan fingerprint density at radius 3 is 2.76 bits per heavy atom. The molecule has 1 aliphatic rings. The molecule has 1 N–H and O–H groups in total. The van der Waals surface area contributed by atoms with Gasteiger partial charge in [0.15, 0.2) is 0 Å². The standard InChI is InChI=1S/C19H22O2/c1-14(19(20)16-5-3-2-4-6-16)7-8-15-9-10-18-17(13-15)11-12-21-18/h2-6,9-10,13-14,19-20H,7-8,11-12H2,1H3. The summed E-state index contributed by atoms with van der Waals surface area (Å²) in [7, 11) is 0. The highest BCUT2D eigenvalue weighted by atomic mass is 16.5. The molecule has 0 amide bonds. The smallest absolute Gasteiger partial charge is 0.122 e. The summed E-state index contributed by atoms with van der Waals surface area (Å²) >= 11 is 0. The Morgan fingerprint density at radius 1 is 1.14 bits per heavy atom. The third-order valence-corrected chi connectivity index (χ3v) is 4.32. The highest BCUT2D eigenvalue weighted by Crippen LogP contribution is 2.29. The first kappa shape index (κ1) is 14.2. The van der Waals surface area contributed by atoms with E-state index in [-0.39, 0.29) is 12.0 Å². The minimum Gasteiger partial charge on any atom is -0.493 e. The zero-order valence-electron chi connectivity index (χ0n) is 12.5. The molecule has 0 saturated carbocycles. The van der Waals surface area contributed by atoms with E-state index in [1.54, 1.807) is 0 Å². The number of aliphatic hydroxyl groups excluding tert-OH is 1. The van der Waals surface area contributed by atoms with Crippen molar-refractivity contribution in [2.75, 3.05) is 6.61 Å². The molecule has 0 bridgehead atoms. The van der Waals surface area contributed by atoms with Gasteiger partial charge < -0.3 is 9.84 Å². The van der Waals surface area contributed by atoms with E-state index in [9.17, 15) is 5.11 Å². The molecule has 1 aliphatic heterocycles. The molecule has 0 fully saturated rings. The van der Waals surface area contributed by atoms with Crippen LogP contribution >= 0.6 is 0 Å². The normalized spacial score (nSPS) is 16.1. The van der Waals surface area contributed by atoms with E-state index in [0.29, 0.717) is 0 Å². The fraction of sp³-hybridized carbons (Fsp3) is 0.368. The highest BCUT2D eigenvalue weighted by molar-refractivity contribution is 5.39. The van der Waals surface area contributed by atoms with E-state index >= 15 is 0 Å². The van der Waals surface area contributed by atoms with Gasteiger partial charge in [-0.3, -0.25) is 0 Å². The van der Waals surface area contributed by atoms with Crippen LogP contribution in [-0.4, -0.2) is 11.7 Å². The number of rotatable bonds is 5. The summed E-state index contributed by atoms with van der Waals surface area (Å²) in [6.07, 6.45) is 2.61. The zero-order valence-corrected chi connectivity index (χ0v) is 12.5. The monoisotopic (exact) mass is 282 g/mol. The van der Waals surface area contributed by atoms with Crippen molar-refractivity contribution >= 4 is 0 Å². The van der Waals surface area contributed by atoms with Crippen LogP contribution in [0.15, 0.2) is 48.5 Å². The lowest BCUT2D eigenvalue weighted by atomic mass is 9.91. The molecule has 2 aromatic rings. The molecular formula is C19H22O2. The van der Waals surface area contributed by atoms with Gasteiger partial charge in [0.2, 0.25) is 0 Å². The summed E-state index contributed by atoms with van der Waals surface area (Å²) < 4.78 is 5.54. The molecule has 0 saturated heterocycles. The molecule has 2 nitrogen and oxygen atoms in total. The lowest BCUT2D eigenvalue weighted by Crippen LogP contribution is -2.10. The van der Waals surface area contributed by atoms with Crippen LogP contribution in [0.3, 0.4) is 0 Å². The van der Waals surface area contributed by atoms with Gasteiger partial charge in [0.05, 0.1) is 12.7 Å². The van der Waals surface area contributed by atoms with Crippen molar-refractivity contribution < 1.29 is 9.84 Å². The SMILES string of the molecule is CC(CCc1ccc2c(c1)CCO2)C(O)c1ccccc1. The topological polar surface area (TPSA) is 29.5 Å². The fourth-order valence-electron chi connectivity index (χ4n) is 2.93. The molecule has 1 heterocycles. The van der Waals surface area contributed by atoms with Gasteiger partial charge in [-0.05, 0) is 41.5 Å². The van der Waals surface area contributed by atoms with Gasteiger partial charge in [-0.25, -0.2) is 0 Å². The summed E-state index contributed by atoms with van der Waals surface area (Å²) in [4.78, 5) is 0. The number of benzene rings is 2. The van der Waals surface area contributed by atoms with Gasteiger partial charge in [0.1, 0.15) is 5.75 Å². The number of hydrogen-bond donors (Lipinski definition) is 1. The minimum atomic E-state index is -0.385. The van der Waals surface area contributed by atoms with Gasteiger partial charge in [-0.1, -0.05) is 49.4 Å². The maximum Gasteiger partial charge on any atom is 0.122 e. The largest absolute Gasteiger partial charge is 0.493 e. The van der Waals surface area contributed by atoms with Crippen molar-refractivity contribution in [3.8, 4) is 5.75 Å². The minimum absolute atomic E-state index is 0.247. The average Bonchev–Trinajstić information content (AvgIpc) is 3.00. The van der Waals surface area contributed by atoms with Crippen molar-refractivity contribution in [2.24, 2.45) is 5.92 Å². The van der Waals surface area contributed by atoms with Crippen LogP contribution < -0.4 is 4.74 Å². The molecule has 110 valence electrons. The Labute approximate surface area is 126 Å². The summed E-state index contributed by atoms with van der Waals surface area (Å²) in [5.41, 5.74) is 3.67. The number of aliphatic hydroxyl groups is 1. The van der Waals surface area contributed by atoms with Gasteiger partial charge in [0.25, 0.3) is 0 Å². The van der Waals surface area contributed by atoms with Crippen LogP contribution in [0.25, 0.3) is 0 Å². The van der Waals surface area contributed by atoms with Crippen molar-refractivity contribution in [1.82, 2.24) is 0 Å². The number of hydrogen-bond acceptors (Lipinski definition) is 2. The van der Waals surface area contributed by atoms with Crippen molar-refractivity contribution in [3.63, 3.8) is 0 Å². The third kappa shape index (κ3) is 3.27. The number of fused-ring (bicyclic) bond motifs is 1. The third-order valence-electron chi connectivity index (χ3n) is 4.32. The second kappa shape index (κ2) is 6.31. The van der Waals surface area contributed by atoms with Gasteiger partial charge in [-0.15, -0.1) is 0 Å². The first-order chi connectivity index (χ1) is 10.2. The van der Waals surface area contributed by atoms with Crippen LogP contribution in [0.2, 0.25) is 0 Å². The summed E-state index contributed by atoms with van der Waals surface area (Å²) in [6, 6.07) is 16.4. The molecule has 0 aromatic heterocycles. The van der Waals surface area contributed by atoms with E-state index in [1.807, 2.05) is 30.3 Å². The number of ether oxygens (including phenoxy) is 1. The maximum absolute atomic E-state index is 10.4. The first-order valence-corrected chi connectivity index (χ1v) is 7.71. The number of aryl methyl sites for hydroxylation is 1. The molecule has 2 atom stereocenters. The van der Waals surface area contributed by atoms with E-state index in [4.69, 9.17) is 4.74 Å². The fourth-order valence-corrected chi connectivity index (χ4v) is 2.93. The lowest BCUT2D eigenvalue weighted by Gasteiger charge is -2.19. The predicted octanol–water partition coefficient (Wildman–Crippen LogP) is 3.92. The van der Waals surface area contributed by atoms with Gasteiger partial charge in [0, 0.05) is 6.42 Å². The van der Waals surface area contributed by atoms with Gasteiger partial charge >= 0.3 is 0 Å². The quantitative estimate of drug-likeness (QED) is 0.900. The van der Waals surface area contributed by atoms with Crippen LogP contribution in [-0.2, 0) is 12.8 Å². The zero-order chi connectivity index (χ0) is 14.7. The maximum atomic E-state index is 10.4. The van der Waals surface area contributed by atoms with E-state index in [2.05, 4.69) is 25.1 Å². The summed E-state index contributed by atoms with van der Waals surface area (Å²) in [5, 5.41) is 10.4. The Kier molecular flexibility index (Phi) is 4.26.